The first-order valence-corrected chi connectivity index (χ1v) is 11.7. The molecule has 1 N–H and O–H groups in total. The first kappa shape index (κ1) is 20.6. The van der Waals surface area contributed by atoms with Gasteiger partial charge in [-0.3, -0.25) is 4.72 Å². The molecule has 0 saturated heterocycles. The topological polar surface area (TPSA) is 85.1 Å². The average Bonchev–Trinajstić information content (AvgIpc) is 2.85. The third kappa shape index (κ3) is 4.51. The molecule has 162 valence electrons. The Kier molecular flexibility index (Phi) is 5.42. The molecule has 0 aliphatic rings. The van der Waals surface area contributed by atoms with Gasteiger partial charge in [0, 0.05) is 12.1 Å². The van der Waals surface area contributed by atoms with E-state index >= 15 is 0 Å². The van der Waals surface area contributed by atoms with Gasteiger partial charge in [-0.2, -0.15) is 4.57 Å². The normalized spacial score (nSPS) is 11.3. The quantitative estimate of drug-likeness (QED) is 0.381. The zero-order valence-corrected chi connectivity index (χ0v) is 18.2. The lowest BCUT2D eigenvalue weighted by Gasteiger charge is -2.09. The molecule has 0 saturated carbocycles. The Bertz CT molecular complexity index is 1510. The maximum Gasteiger partial charge on any atom is 0.372 e. The lowest BCUT2D eigenvalue weighted by atomic mass is 10.3. The number of benzene rings is 3. The molecule has 3 aromatic carbocycles. The van der Waals surface area contributed by atoms with Gasteiger partial charge in [0.15, 0.2) is 0 Å². The van der Waals surface area contributed by atoms with E-state index in [1.54, 1.807) is 53.4 Å². The van der Waals surface area contributed by atoms with Gasteiger partial charge in [-0.25, -0.2) is 13.4 Å². The standard InChI is InChI=1S/C25H19N4O3S/c30-33(31,21-11-5-2-6-12-21)28-24-25(27-23-14-8-7-13-22(23)26-24)29-17-15-20(16-18-29)32-19-9-3-1-4-10-19/h1-18H,(H,26,28)/q+1. The van der Waals surface area contributed by atoms with Crippen LogP contribution in [-0.4, -0.2) is 18.4 Å². The van der Waals surface area contributed by atoms with E-state index in [9.17, 15) is 8.42 Å². The minimum absolute atomic E-state index is 0.124. The van der Waals surface area contributed by atoms with E-state index in [1.807, 2.05) is 48.5 Å². The molecule has 0 unspecified atom stereocenters. The third-order valence-corrected chi connectivity index (χ3v) is 6.21. The highest BCUT2D eigenvalue weighted by atomic mass is 32.2. The molecule has 0 spiro atoms. The van der Waals surface area contributed by atoms with Crippen LogP contribution < -0.4 is 14.0 Å². The molecule has 5 rings (SSSR count). The Morgan fingerprint density at radius 3 is 1.88 bits per heavy atom. The number of anilines is 1. The lowest BCUT2D eigenvalue weighted by Crippen LogP contribution is -2.33. The number of para-hydroxylation sites is 3. The van der Waals surface area contributed by atoms with Crippen LogP contribution >= 0.6 is 0 Å². The Labute approximate surface area is 191 Å². The van der Waals surface area contributed by atoms with Gasteiger partial charge < -0.3 is 4.74 Å². The molecule has 0 amide bonds. The molecule has 33 heavy (non-hydrogen) atoms. The second kappa shape index (κ2) is 8.68. The van der Waals surface area contributed by atoms with Gasteiger partial charge in [0.2, 0.25) is 11.3 Å². The molecule has 0 aliphatic carbocycles. The molecule has 0 aliphatic heterocycles. The molecular weight excluding hydrogens is 436 g/mol. The van der Waals surface area contributed by atoms with E-state index in [4.69, 9.17) is 4.74 Å². The summed E-state index contributed by atoms with van der Waals surface area (Å²) in [4.78, 5) is 9.36. The number of sulfonamides is 1. The van der Waals surface area contributed by atoms with Crippen LogP contribution in [-0.2, 0) is 10.0 Å². The van der Waals surface area contributed by atoms with E-state index in [0.29, 0.717) is 22.6 Å². The van der Waals surface area contributed by atoms with Crippen molar-refractivity contribution in [3.8, 4) is 17.3 Å². The van der Waals surface area contributed by atoms with Crippen LogP contribution in [0.3, 0.4) is 0 Å². The molecular formula is C25H19N4O3S+. The molecule has 7 nitrogen and oxygen atoms in total. The second-order valence-corrected chi connectivity index (χ2v) is 8.84. The van der Waals surface area contributed by atoms with Crippen LogP contribution in [0.5, 0.6) is 11.5 Å². The summed E-state index contributed by atoms with van der Waals surface area (Å²) in [5, 5.41) is 0. The van der Waals surface area contributed by atoms with Crippen molar-refractivity contribution in [1.82, 2.24) is 9.97 Å². The maximum absolute atomic E-state index is 13.0. The fourth-order valence-electron chi connectivity index (χ4n) is 3.27. The number of nitrogens with zero attached hydrogens (tertiary/aromatic N) is 3. The zero-order chi connectivity index (χ0) is 22.7. The van der Waals surface area contributed by atoms with Crippen molar-refractivity contribution in [2.24, 2.45) is 0 Å². The minimum atomic E-state index is -3.85. The second-order valence-electron chi connectivity index (χ2n) is 7.16. The summed E-state index contributed by atoms with van der Waals surface area (Å²) in [5.41, 5.74) is 1.23. The summed E-state index contributed by atoms with van der Waals surface area (Å²) >= 11 is 0. The Morgan fingerprint density at radius 1 is 0.667 bits per heavy atom. The largest absolute Gasteiger partial charge is 0.457 e. The monoisotopic (exact) mass is 455 g/mol. The number of rotatable bonds is 6. The van der Waals surface area contributed by atoms with Gasteiger partial charge in [0.1, 0.15) is 17.0 Å². The Hall–Kier alpha value is -4.30. The van der Waals surface area contributed by atoms with E-state index in [1.165, 1.54) is 12.1 Å². The molecule has 2 heterocycles. The third-order valence-electron chi connectivity index (χ3n) is 4.86. The van der Waals surface area contributed by atoms with E-state index < -0.39 is 10.0 Å². The van der Waals surface area contributed by atoms with Crippen molar-refractivity contribution in [3.05, 3.63) is 109 Å². The van der Waals surface area contributed by atoms with Crippen molar-refractivity contribution in [2.75, 3.05) is 4.72 Å². The summed E-state index contributed by atoms with van der Waals surface area (Å²) in [7, 11) is -3.85. The van der Waals surface area contributed by atoms with Crippen LogP contribution in [0.15, 0.2) is 114 Å². The molecule has 0 atom stereocenters. The van der Waals surface area contributed by atoms with Crippen molar-refractivity contribution in [1.29, 1.82) is 0 Å². The smallest absolute Gasteiger partial charge is 0.372 e. The summed E-state index contributed by atoms with van der Waals surface area (Å²) < 4.78 is 36.1. The number of hydrogen-bond donors (Lipinski definition) is 1. The summed E-state index contributed by atoms with van der Waals surface area (Å²) in [6.07, 6.45) is 3.49. The highest BCUT2D eigenvalue weighted by Crippen LogP contribution is 2.22. The minimum Gasteiger partial charge on any atom is -0.457 e. The van der Waals surface area contributed by atoms with Crippen molar-refractivity contribution in [2.45, 2.75) is 4.90 Å². The zero-order valence-electron chi connectivity index (χ0n) is 17.4. The fourth-order valence-corrected chi connectivity index (χ4v) is 4.30. The Morgan fingerprint density at radius 2 is 1.21 bits per heavy atom. The van der Waals surface area contributed by atoms with Gasteiger partial charge in [0.05, 0.1) is 17.3 Å². The number of ether oxygens (including phenoxy) is 1. The maximum atomic E-state index is 13.0. The van der Waals surface area contributed by atoms with Crippen molar-refractivity contribution in [3.63, 3.8) is 0 Å². The average molecular weight is 456 g/mol. The molecule has 2 aromatic heterocycles. The summed E-state index contributed by atoms with van der Waals surface area (Å²) in [6.45, 7) is 0. The van der Waals surface area contributed by atoms with E-state index in [-0.39, 0.29) is 10.7 Å². The predicted octanol–water partition coefficient (Wildman–Crippen LogP) is 4.50. The first-order valence-electron chi connectivity index (χ1n) is 10.2. The molecule has 0 radical (unpaired) electrons. The molecule has 8 heteroatoms. The van der Waals surface area contributed by atoms with Crippen LogP contribution in [0, 0.1) is 0 Å². The highest BCUT2D eigenvalue weighted by molar-refractivity contribution is 7.92. The Balaban J connectivity index is 1.54. The van der Waals surface area contributed by atoms with Crippen molar-refractivity contribution >= 4 is 26.9 Å². The lowest BCUT2D eigenvalue weighted by molar-refractivity contribution is -0.598. The molecule has 0 fully saturated rings. The van der Waals surface area contributed by atoms with Crippen LogP contribution in [0.25, 0.3) is 16.9 Å². The molecule has 0 bridgehead atoms. The van der Waals surface area contributed by atoms with Gasteiger partial charge >= 0.3 is 5.82 Å². The number of nitrogens with one attached hydrogen (secondary N) is 1. The fraction of sp³-hybridized carbons (Fsp3) is 0. The number of aromatic nitrogens is 3. The summed E-state index contributed by atoms with van der Waals surface area (Å²) in [5.74, 6) is 1.83. The number of fused-ring (bicyclic) bond motifs is 1. The number of hydrogen-bond acceptors (Lipinski definition) is 5. The van der Waals surface area contributed by atoms with E-state index in [2.05, 4.69) is 14.7 Å². The van der Waals surface area contributed by atoms with Gasteiger partial charge in [-0.15, -0.1) is 0 Å². The van der Waals surface area contributed by atoms with Gasteiger partial charge in [0.25, 0.3) is 10.0 Å². The van der Waals surface area contributed by atoms with Crippen LogP contribution in [0.1, 0.15) is 0 Å². The van der Waals surface area contributed by atoms with Crippen LogP contribution in [0.2, 0.25) is 0 Å². The summed E-state index contributed by atoms with van der Waals surface area (Å²) in [6, 6.07) is 28.5. The SMILES string of the molecule is O=S(=O)(Nc1nc2ccccc2nc1-[n+]1ccc(Oc2ccccc2)cc1)c1ccccc1. The highest BCUT2D eigenvalue weighted by Gasteiger charge is 2.24. The number of pyridine rings is 1. The van der Waals surface area contributed by atoms with Crippen LogP contribution in [0.4, 0.5) is 5.82 Å². The molecule has 5 aromatic rings. The predicted molar refractivity (Wildman–Crippen MR) is 125 cm³/mol. The van der Waals surface area contributed by atoms with E-state index in [0.717, 1.165) is 5.75 Å². The first-order chi connectivity index (χ1) is 16.1. The van der Waals surface area contributed by atoms with Gasteiger partial charge in [-0.1, -0.05) is 48.5 Å². The van der Waals surface area contributed by atoms with Crippen molar-refractivity contribution < 1.29 is 17.7 Å². The van der Waals surface area contributed by atoms with Gasteiger partial charge in [-0.05, 0) is 41.4 Å².